The van der Waals surface area contributed by atoms with Crippen LogP contribution in [0.25, 0.3) is 0 Å². The van der Waals surface area contributed by atoms with Crippen molar-refractivity contribution in [2.75, 3.05) is 31.1 Å². The van der Waals surface area contributed by atoms with Gasteiger partial charge in [0.2, 0.25) is 5.91 Å². The Kier molecular flexibility index (Phi) is 4.90. The zero-order chi connectivity index (χ0) is 15.4. The molecule has 0 bridgehead atoms. The lowest BCUT2D eigenvalue weighted by molar-refractivity contribution is -0.129. The van der Waals surface area contributed by atoms with Gasteiger partial charge in [-0.25, -0.2) is 4.98 Å². The Hall–Kier alpha value is -1.65. The maximum atomic E-state index is 11.4. The van der Waals surface area contributed by atoms with E-state index in [-0.39, 0.29) is 5.91 Å². The highest BCUT2D eigenvalue weighted by Gasteiger charge is 2.23. The van der Waals surface area contributed by atoms with E-state index in [2.05, 4.69) is 14.9 Å². The zero-order valence-electron chi connectivity index (χ0n) is 13.5. The summed E-state index contributed by atoms with van der Waals surface area (Å²) in [6, 6.07) is 0. The topological polar surface area (TPSA) is 49.3 Å². The molecule has 22 heavy (non-hydrogen) atoms. The molecule has 1 amide bonds. The quantitative estimate of drug-likeness (QED) is 0.842. The number of hydrogen-bond acceptors (Lipinski definition) is 4. The highest BCUT2D eigenvalue weighted by molar-refractivity contribution is 5.73. The molecule has 0 saturated carbocycles. The molecule has 0 radical (unpaired) electrons. The van der Waals surface area contributed by atoms with Crippen LogP contribution < -0.4 is 4.90 Å². The summed E-state index contributed by atoms with van der Waals surface area (Å²) in [5, 5.41) is 0. The SMILES string of the molecule is CC(=O)N1CCC(c2cnc(N3CCCCCC3)cn2)CC1. The lowest BCUT2D eigenvalue weighted by Crippen LogP contribution is -2.36. The maximum absolute atomic E-state index is 11.4. The lowest BCUT2D eigenvalue weighted by Gasteiger charge is -2.31. The lowest BCUT2D eigenvalue weighted by atomic mass is 9.94. The fourth-order valence-electron chi connectivity index (χ4n) is 3.50. The number of nitrogens with zero attached hydrogens (tertiary/aromatic N) is 4. The molecule has 5 nitrogen and oxygen atoms in total. The number of aromatic nitrogens is 2. The van der Waals surface area contributed by atoms with Crippen LogP contribution in [0.1, 0.15) is 57.1 Å². The van der Waals surface area contributed by atoms with E-state index < -0.39 is 0 Å². The normalized spacial score (nSPS) is 20.8. The second-order valence-corrected chi connectivity index (χ2v) is 6.48. The van der Waals surface area contributed by atoms with E-state index in [9.17, 15) is 4.79 Å². The third-order valence-electron chi connectivity index (χ3n) is 4.95. The Balaban J connectivity index is 1.61. The van der Waals surface area contributed by atoms with Crippen LogP contribution in [0.3, 0.4) is 0 Å². The number of piperidine rings is 1. The standard InChI is InChI=1S/C17H26N4O/c1-14(22)20-10-6-15(7-11-20)16-12-19-17(13-18-16)21-8-4-2-3-5-9-21/h12-13,15H,2-11H2,1H3. The maximum Gasteiger partial charge on any atom is 0.219 e. The van der Waals surface area contributed by atoms with E-state index in [1.54, 1.807) is 6.92 Å². The Morgan fingerprint density at radius 3 is 2.23 bits per heavy atom. The largest absolute Gasteiger partial charge is 0.355 e. The van der Waals surface area contributed by atoms with Gasteiger partial charge in [0, 0.05) is 39.0 Å². The van der Waals surface area contributed by atoms with Gasteiger partial charge in [0.25, 0.3) is 0 Å². The molecular formula is C17H26N4O. The summed E-state index contributed by atoms with van der Waals surface area (Å²) in [5.41, 5.74) is 1.08. The van der Waals surface area contributed by atoms with E-state index in [1.165, 1.54) is 25.7 Å². The van der Waals surface area contributed by atoms with Gasteiger partial charge in [-0.1, -0.05) is 12.8 Å². The number of carbonyl (C=O) groups is 1. The Bertz CT molecular complexity index is 486. The van der Waals surface area contributed by atoms with Gasteiger partial charge in [-0.2, -0.15) is 0 Å². The first-order valence-corrected chi connectivity index (χ1v) is 8.56. The average molecular weight is 302 g/mol. The van der Waals surface area contributed by atoms with Crippen LogP contribution in [0.15, 0.2) is 12.4 Å². The van der Waals surface area contributed by atoms with Crippen LogP contribution in [0.2, 0.25) is 0 Å². The molecule has 2 aliphatic heterocycles. The van der Waals surface area contributed by atoms with E-state index in [1.807, 2.05) is 17.3 Å². The molecule has 2 fully saturated rings. The Morgan fingerprint density at radius 1 is 1.00 bits per heavy atom. The Labute approximate surface area is 132 Å². The molecule has 120 valence electrons. The number of carbonyl (C=O) groups excluding carboxylic acids is 1. The number of rotatable bonds is 2. The van der Waals surface area contributed by atoms with E-state index in [4.69, 9.17) is 0 Å². The first-order valence-electron chi connectivity index (χ1n) is 8.56. The number of hydrogen-bond donors (Lipinski definition) is 0. The smallest absolute Gasteiger partial charge is 0.219 e. The van der Waals surface area contributed by atoms with Crippen molar-refractivity contribution in [3.05, 3.63) is 18.1 Å². The fraction of sp³-hybridized carbons (Fsp3) is 0.706. The molecule has 2 aliphatic rings. The second-order valence-electron chi connectivity index (χ2n) is 6.48. The van der Waals surface area contributed by atoms with Crippen LogP contribution in [0.5, 0.6) is 0 Å². The molecular weight excluding hydrogens is 276 g/mol. The third-order valence-corrected chi connectivity index (χ3v) is 4.95. The second kappa shape index (κ2) is 7.07. The number of amides is 1. The van der Waals surface area contributed by atoms with Crippen molar-refractivity contribution in [3.63, 3.8) is 0 Å². The molecule has 3 heterocycles. The van der Waals surface area contributed by atoms with Gasteiger partial charge in [-0.3, -0.25) is 9.78 Å². The average Bonchev–Trinajstić information content (AvgIpc) is 2.84. The first-order chi connectivity index (χ1) is 10.7. The highest BCUT2D eigenvalue weighted by atomic mass is 16.2. The summed E-state index contributed by atoms with van der Waals surface area (Å²) in [6.45, 7) is 5.54. The van der Waals surface area contributed by atoms with Gasteiger partial charge in [0.15, 0.2) is 0 Å². The van der Waals surface area contributed by atoms with Crippen LogP contribution in [0, 0.1) is 0 Å². The minimum absolute atomic E-state index is 0.182. The summed E-state index contributed by atoms with van der Waals surface area (Å²) in [4.78, 5) is 25.0. The molecule has 0 atom stereocenters. The van der Waals surface area contributed by atoms with Crippen molar-refractivity contribution >= 4 is 11.7 Å². The summed E-state index contributed by atoms with van der Waals surface area (Å²) in [5.74, 6) is 1.65. The molecule has 5 heteroatoms. The van der Waals surface area contributed by atoms with Crippen LogP contribution >= 0.6 is 0 Å². The highest BCUT2D eigenvalue weighted by Crippen LogP contribution is 2.27. The van der Waals surface area contributed by atoms with E-state index >= 15 is 0 Å². The van der Waals surface area contributed by atoms with Crippen molar-refractivity contribution in [1.82, 2.24) is 14.9 Å². The predicted molar refractivity (Wildman–Crippen MR) is 86.9 cm³/mol. The summed E-state index contributed by atoms with van der Waals surface area (Å²) in [7, 11) is 0. The van der Waals surface area contributed by atoms with Crippen LogP contribution in [0.4, 0.5) is 5.82 Å². The molecule has 2 saturated heterocycles. The van der Waals surface area contributed by atoms with Gasteiger partial charge < -0.3 is 9.80 Å². The van der Waals surface area contributed by atoms with E-state index in [0.717, 1.165) is 50.5 Å². The fourth-order valence-corrected chi connectivity index (χ4v) is 3.50. The zero-order valence-corrected chi connectivity index (χ0v) is 13.5. The minimum Gasteiger partial charge on any atom is -0.355 e. The monoisotopic (exact) mass is 302 g/mol. The van der Waals surface area contributed by atoms with Crippen molar-refractivity contribution in [2.24, 2.45) is 0 Å². The van der Waals surface area contributed by atoms with Gasteiger partial charge >= 0.3 is 0 Å². The van der Waals surface area contributed by atoms with Crippen molar-refractivity contribution < 1.29 is 4.79 Å². The van der Waals surface area contributed by atoms with Gasteiger partial charge in [-0.15, -0.1) is 0 Å². The Morgan fingerprint density at radius 2 is 1.68 bits per heavy atom. The minimum atomic E-state index is 0.182. The number of anilines is 1. The van der Waals surface area contributed by atoms with Crippen molar-refractivity contribution in [2.45, 2.75) is 51.4 Å². The van der Waals surface area contributed by atoms with Crippen molar-refractivity contribution in [1.29, 1.82) is 0 Å². The summed E-state index contributed by atoms with van der Waals surface area (Å²) in [6.07, 6.45) is 11.1. The van der Waals surface area contributed by atoms with Gasteiger partial charge in [-0.05, 0) is 25.7 Å². The molecule has 0 aromatic carbocycles. The molecule has 3 rings (SSSR count). The van der Waals surface area contributed by atoms with Crippen LogP contribution in [-0.2, 0) is 4.79 Å². The molecule has 0 N–H and O–H groups in total. The number of likely N-dealkylation sites (tertiary alicyclic amines) is 1. The molecule has 1 aromatic heterocycles. The van der Waals surface area contributed by atoms with E-state index in [0.29, 0.717) is 5.92 Å². The van der Waals surface area contributed by atoms with Gasteiger partial charge in [0.1, 0.15) is 5.82 Å². The predicted octanol–water partition coefficient (Wildman–Crippen LogP) is 2.58. The first kappa shape index (κ1) is 15.3. The third kappa shape index (κ3) is 3.57. The summed E-state index contributed by atoms with van der Waals surface area (Å²) < 4.78 is 0. The van der Waals surface area contributed by atoms with Gasteiger partial charge in [0.05, 0.1) is 18.1 Å². The summed E-state index contributed by atoms with van der Waals surface area (Å²) >= 11 is 0. The van der Waals surface area contributed by atoms with Crippen molar-refractivity contribution in [3.8, 4) is 0 Å². The molecule has 0 unspecified atom stereocenters. The molecule has 1 aromatic rings. The molecule has 0 spiro atoms. The van der Waals surface area contributed by atoms with Crippen LogP contribution in [-0.4, -0.2) is 47.0 Å². The molecule has 0 aliphatic carbocycles.